The van der Waals surface area contributed by atoms with Gasteiger partial charge in [-0.1, -0.05) is 19.9 Å². The van der Waals surface area contributed by atoms with Crippen molar-refractivity contribution >= 4 is 28.5 Å². The van der Waals surface area contributed by atoms with Crippen molar-refractivity contribution in [1.82, 2.24) is 5.32 Å². The number of hydrogen-bond donors (Lipinski definition) is 1. The van der Waals surface area contributed by atoms with E-state index in [-0.39, 0.29) is 29.9 Å². The molecule has 7 heteroatoms. The third-order valence-electron chi connectivity index (χ3n) is 7.99. The fourth-order valence-electron chi connectivity index (χ4n) is 5.75. The molecule has 0 bridgehead atoms. The zero-order chi connectivity index (χ0) is 28.6. The van der Waals surface area contributed by atoms with Crippen molar-refractivity contribution in [3.05, 3.63) is 87.5 Å². The molecule has 1 aliphatic heterocycles. The highest BCUT2D eigenvalue weighted by atomic mass is 16.5. The van der Waals surface area contributed by atoms with Gasteiger partial charge in [-0.2, -0.15) is 0 Å². The first kappa shape index (κ1) is 27.4. The minimum Gasteiger partial charge on any atom is -0.497 e. The van der Waals surface area contributed by atoms with Gasteiger partial charge < -0.3 is 19.2 Å². The lowest BCUT2D eigenvalue weighted by atomic mass is 9.74. The molecule has 2 heterocycles. The number of carbonyl (C=O) groups is 3. The van der Waals surface area contributed by atoms with Crippen LogP contribution in [0.25, 0.3) is 11.0 Å². The van der Waals surface area contributed by atoms with E-state index >= 15 is 0 Å². The van der Waals surface area contributed by atoms with E-state index in [0.29, 0.717) is 40.2 Å². The normalized spacial score (nSPS) is 17.9. The van der Waals surface area contributed by atoms with Gasteiger partial charge >= 0.3 is 5.97 Å². The number of ether oxygens (including phenoxy) is 2. The molecule has 2 unspecified atom stereocenters. The standard InChI is InChI=1S/C33H35NO6/c1-6-18(3)24-16-21(15-22-17-27(40-32(22)24)31(36)20-11-13-23(38-5)14-12-20)29-28(33(37)39-7-2)19(4)34-25-9-8-10-26(35)30(25)29/h11-18,29,34H,6-10H2,1-5H3. The van der Waals surface area contributed by atoms with E-state index in [1.165, 1.54) is 0 Å². The largest absolute Gasteiger partial charge is 0.497 e. The molecule has 1 aromatic heterocycles. The molecule has 208 valence electrons. The molecule has 1 N–H and O–H groups in total. The number of rotatable bonds is 8. The van der Waals surface area contributed by atoms with Crippen molar-refractivity contribution < 1.29 is 28.3 Å². The summed E-state index contributed by atoms with van der Waals surface area (Å²) in [6.45, 7) is 8.07. The van der Waals surface area contributed by atoms with E-state index < -0.39 is 11.9 Å². The summed E-state index contributed by atoms with van der Waals surface area (Å²) >= 11 is 0. The maximum absolute atomic E-state index is 13.4. The zero-order valence-electron chi connectivity index (χ0n) is 23.7. The Balaban J connectivity index is 1.69. The Morgan fingerprint density at radius 1 is 1.10 bits per heavy atom. The van der Waals surface area contributed by atoms with Crippen LogP contribution in [0.1, 0.15) is 92.5 Å². The molecule has 0 amide bonds. The summed E-state index contributed by atoms with van der Waals surface area (Å²) in [5.74, 6) is -0.169. The first-order valence-corrected chi connectivity index (χ1v) is 13.9. The summed E-state index contributed by atoms with van der Waals surface area (Å²) in [6, 6.07) is 12.7. The van der Waals surface area contributed by atoms with Crippen molar-refractivity contribution in [2.75, 3.05) is 13.7 Å². The van der Waals surface area contributed by atoms with E-state index in [1.54, 1.807) is 44.4 Å². The second kappa shape index (κ2) is 11.2. The number of carbonyl (C=O) groups excluding carboxylic acids is 3. The van der Waals surface area contributed by atoms with E-state index in [9.17, 15) is 14.4 Å². The average molecular weight is 542 g/mol. The number of fused-ring (bicyclic) bond motifs is 1. The molecular weight excluding hydrogens is 506 g/mol. The van der Waals surface area contributed by atoms with Gasteiger partial charge in [0.05, 0.1) is 19.3 Å². The van der Waals surface area contributed by atoms with Crippen molar-refractivity contribution in [2.45, 2.75) is 65.2 Å². The number of esters is 1. The number of dihydropyridines is 1. The lowest BCUT2D eigenvalue weighted by Crippen LogP contribution is -2.34. The molecular formula is C33H35NO6. The van der Waals surface area contributed by atoms with Crippen LogP contribution in [0.3, 0.4) is 0 Å². The van der Waals surface area contributed by atoms with Crippen LogP contribution in [0.2, 0.25) is 0 Å². The third kappa shape index (κ3) is 4.85. The number of ketones is 2. The number of nitrogens with one attached hydrogen (secondary N) is 1. The van der Waals surface area contributed by atoms with Crippen molar-refractivity contribution in [2.24, 2.45) is 0 Å². The Labute approximate surface area is 234 Å². The molecule has 0 fully saturated rings. The Kier molecular flexibility index (Phi) is 7.66. The number of benzene rings is 2. The monoisotopic (exact) mass is 541 g/mol. The quantitative estimate of drug-likeness (QED) is 0.250. The number of Topliss-reactive ketones (excluding diaryl/α,β-unsaturated/α-hetero) is 1. The average Bonchev–Trinajstić information content (AvgIpc) is 3.39. The Morgan fingerprint density at radius 3 is 2.52 bits per heavy atom. The summed E-state index contributed by atoms with van der Waals surface area (Å²) < 4.78 is 16.9. The van der Waals surface area contributed by atoms with Gasteiger partial charge in [0.15, 0.2) is 11.5 Å². The molecule has 3 aromatic rings. The summed E-state index contributed by atoms with van der Waals surface area (Å²) in [4.78, 5) is 40.0. The Morgan fingerprint density at radius 2 is 1.85 bits per heavy atom. The molecule has 7 nitrogen and oxygen atoms in total. The van der Waals surface area contributed by atoms with Gasteiger partial charge in [0.1, 0.15) is 11.3 Å². The molecule has 0 radical (unpaired) electrons. The third-order valence-corrected chi connectivity index (χ3v) is 7.99. The van der Waals surface area contributed by atoms with E-state index in [0.717, 1.165) is 41.5 Å². The highest BCUT2D eigenvalue weighted by molar-refractivity contribution is 6.09. The number of methoxy groups -OCH3 is 1. The molecule has 1 aliphatic carbocycles. The topological polar surface area (TPSA) is 94.8 Å². The Hall–Kier alpha value is -4.13. The van der Waals surface area contributed by atoms with Gasteiger partial charge in [-0.05, 0) is 86.6 Å². The fourth-order valence-corrected chi connectivity index (χ4v) is 5.75. The lowest BCUT2D eigenvalue weighted by molar-refractivity contribution is -0.138. The molecule has 2 aromatic carbocycles. The highest BCUT2D eigenvalue weighted by Crippen LogP contribution is 2.45. The first-order chi connectivity index (χ1) is 19.3. The number of hydrogen-bond acceptors (Lipinski definition) is 7. The van der Waals surface area contributed by atoms with E-state index in [2.05, 4.69) is 19.2 Å². The van der Waals surface area contributed by atoms with Crippen LogP contribution in [-0.4, -0.2) is 31.3 Å². The van der Waals surface area contributed by atoms with Crippen LogP contribution in [0.5, 0.6) is 5.75 Å². The molecule has 2 aliphatic rings. The minimum absolute atomic E-state index is 0.0424. The van der Waals surface area contributed by atoms with Crippen LogP contribution in [-0.2, 0) is 14.3 Å². The molecule has 5 rings (SSSR count). The number of furan rings is 1. The summed E-state index contributed by atoms with van der Waals surface area (Å²) in [7, 11) is 1.58. The SMILES string of the molecule is CCOC(=O)C1=C(C)NC2=C(C(=O)CCC2)C1c1cc(C(C)CC)c2oc(C(=O)c3ccc(OC)cc3)cc2c1. The van der Waals surface area contributed by atoms with Crippen LogP contribution in [0, 0.1) is 0 Å². The Bertz CT molecular complexity index is 1560. The van der Waals surface area contributed by atoms with Crippen molar-refractivity contribution in [3.8, 4) is 5.75 Å². The maximum atomic E-state index is 13.4. The second-order valence-electron chi connectivity index (χ2n) is 10.5. The van der Waals surface area contributed by atoms with Crippen LogP contribution >= 0.6 is 0 Å². The second-order valence-corrected chi connectivity index (χ2v) is 10.5. The van der Waals surface area contributed by atoms with Gasteiger partial charge in [-0.3, -0.25) is 9.59 Å². The molecule has 0 spiro atoms. The van der Waals surface area contributed by atoms with Crippen LogP contribution in [0.4, 0.5) is 0 Å². The summed E-state index contributed by atoms with van der Waals surface area (Å²) in [6.07, 6.45) is 2.81. The van der Waals surface area contributed by atoms with Gasteiger partial charge in [0.25, 0.3) is 0 Å². The van der Waals surface area contributed by atoms with Crippen LogP contribution < -0.4 is 10.1 Å². The fraction of sp³-hybridized carbons (Fsp3) is 0.364. The van der Waals surface area contributed by atoms with E-state index in [4.69, 9.17) is 13.9 Å². The first-order valence-electron chi connectivity index (χ1n) is 13.9. The molecule has 40 heavy (non-hydrogen) atoms. The predicted octanol–water partition coefficient (Wildman–Crippen LogP) is 6.72. The lowest BCUT2D eigenvalue weighted by Gasteiger charge is -2.34. The van der Waals surface area contributed by atoms with Gasteiger partial charge in [0, 0.05) is 40.3 Å². The van der Waals surface area contributed by atoms with Gasteiger partial charge in [0.2, 0.25) is 5.78 Å². The number of allylic oxidation sites excluding steroid dienone is 3. The minimum atomic E-state index is -0.564. The zero-order valence-corrected chi connectivity index (χ0v) is 23.7. The smallest absolute Gasteiger partial charge is 0.336 e. The van der Waals surface area contributed by atoms with Gasteiger partial charge in [-0.15, -0.1) is 0 Å². The van der Waals surface area contributed by atoms with E-state index in [1.807, 2.05) is 19.1 Å². The summed E-state index contributed by atoms with van der Waals surface area (Å²) in [5, 5.41) is 4.09. The van der Waals surface area contributed by atoms with Crippen molar-refractivity contribution in [3.63, 3.8) is 0 Å². The predicted molar refractivity (Wildman–Crippen MR) is 152 cm³/mol. The van der Waals surface area contributed by atoms with Crippen molar-refractivity contribution in [1.29, 1.82) is 0 Å². The molecule has 2 atom stereocenters. The van der Waals surface area contributed by atoms with Crippen LogP contribution in [0.15, 0.2) is 69.4 Å². The summed E-state index contributed by atoms with van der Waals surface area (Å²) in [5.41, 5.74) is 5.55. The highest BCUT2D eigenvalue weighted by Gasteiger charge is 2.39. The van der Waals surface area contributed by atoms with Gasteiger partial charge in [-0.25, -0.2) is 4.79 Å². The molecule has 0 saturated carbocycles. The molecule has 0 saturated heterocycles. The maximum Gasteiger partial charge on any atom is 0.336 e.